The van der Waals surface area contributed by atoms with Crippen molar-refractivity contribution in [1.29, 1.82) is 0 Å². The number of halogens is 5. The van der Waals surface area contributed by atoms with E-state index in [0.29, 0.717) is 0 Å². The Morgan fingerprint density at radius 3 is 2.22 bits per heavy atom. The number of nitrogens with zero attached hydrogens (tertiary/aromatic N) is 1. The van der Waals surface area contributed by atoms with Crippen LogP contribution in [0.5, 0.6) is 0 Å². The molecule has 0 fully saturated rings. The lowest BCUT2D eigenvalue weighted by molar-refractivity contribution is -0.348. The molecular weight excluding hydrogens is 267 g/mol. The number of hydrogen-bond acceptors (Lipinski definition) is 3. The second kappa shape index (κ2) is 4.19. The number of carboxylic acid groups (broad SMARTS) is 1. The quantitative estimate of drug-likeness (QED) is 0.722. The molecular formula is C8H7F5N2O3. The minimum atomic E-state index is -6.12. The number of imidazole rings is 1. The van der Waals surface area contributed by atoms with Gasteiger partial charge in [-0.15, -0.1) is 0 Å². The second-order valence-corrected chi connectivity index (χ2v) is 3.44. The summed E-state index contributed by atoms with van der Waals surface area (Å²) in [5.41, 5.74) is -4.00. The zero-order chi connectivity index (χ0) is 14.2. The summed E-state index contributed by atoms with van der Waals surface area (Å²) in [5.74, 6) is -8.87. The molecule has 0 aliphatic heterocycles. The van der Waals surface area contributed by atoms with E-state index in [2.05, 4.69) is 4.98 Å². The highest BCUT2D eigenvalue weighted by Gasteiger charge is 2.72. The zero-order valence-electron chi connectivity index (χ0n) is 8.50. The monoisotopic (exact) mass is 274 g/mol. The van der Waals surface area contributed by atoms with Crippen LogP contribution in [0.2, 0.25) is 0 Å². The third-order valence-corrected chi connectivity index (χ3v) is 2.17. The molecule has 1 aromatic rings. The number of aliphatic hydroxyl groups is 1. The third-order valence-electron chi connectivity index (χ3n) is 2.17. The fourth-order valence-electron chi connectivity index (χ4n) is 1.29. The molecule has 0 amide bonds. The topological polar surface area (TPSA) is 86.2 Å². The SMILES string of the molecule is O=C(O)C[C@@](O)(c1ncc[nH]1)C(F)(F)C(F)(F)F. The number of carboxylic acids is 1. The Labute approximate surface area is 96.3 Å². The maximum atomic E-state index is 13.2. The van der Waals surface area contributed by atoms with Gasteiger partial charge in [-0.25, -0.2) is 4.98 Å². The average molecular weight is 274 g/mol. The molecule has 0 aliphatic carbocycles. The molecule has 1 atom stereocenters. The maximum Gasteiger partial charge on any atom is 0.456 e. The van der Waals surface area contributed by atoms with Gasteiger partial charge in [0.05, 0.1) is 6.42 Å². The predicted molar refractivity (Wildman–Crippen MR) is 45.7 cm³/mol. The van der Waals surface area contributed by atoms with Gasteiger partial charge in [0.2, 0.25) is 5.60 Å². The van der Waals surface area contributed by atoms with Crippen molar-refractivity contribution in [1.82, 2.24) is 9.97 Å². The van der Waals surface area contributed by atoms with Gasteiger partial charge in [0.1, 0.15) is 5.82 Å². The lowest BCUT2D eigenvalue weighted by atomic mass is 9.90. The van der Waals surface area contributed by atoms with Crippen LogP contribution in [0.25, 0.3) is 0 Å². The Morgan fingerprint density at radius 2 is 1.89 bits per heavy atom. The molecule has 0 spiro atoms. The van der Waals surface area contributed by atoms with Crippen molar-refractivity contribution in [3.05, 3.63) is 18.2 Å². The molecule has 1 heterocycles. The first kappa shape index (κ1) is 14.4. The molecule has 3 N–H and O–H groups in total. The summed E-state index contributed by atoms with van der Waals surface area (Å²) in [6.45, 7) is 0. The number of carbonyl (C=O) groups is 1. The highest BCUT2D eigenvalue weighted by atomic mass is 19.4. The first-order valence-corrected chi connectivity index (χ1v) is 4.41. The van der Waals surface area contributed by atoms with Crippen LogP contribution in [0.3, 0.4) is 0 Å². The lowest BCUT2D eigenvalue weighted by Crippen LogP contribution is -2.56. The fourth-order valence-corrected chi connectivity index (χ4v) is 1.29. The van der Waals surface area contributed by atoms with Gasteiger partial charge in [-0.1, -0.05) is 0 Å². The van der Waals surface area contributed by atoms with Gasteiger partial charge in [-0.05, 0) is 0 Å². The maximum absolute atomic E-state index is 13.2. The van der Waals surface area contributed by atoms with E-state index in [-0.39, 0.29) is 0 Å². The highest BCUT2D eigenvalue weighted by molar-refractivity contribution is 5.68. The van der Waals surface area contributed by atoms with Crippen molar-refractivity contribution in [2.24, 2.45) is 0 Å². The standard InChI is InChI=1S/C8H7F5N2O3/c9-7(10,8(11,12)13)6(18,3-4(16)17)5-14-1-2-15-5/h1-2,18H,3H2,(H,14,15)(H,16,17)/t6-/m1/s1. The summed E-state index contributed by atoms with van der Waals surface area (Å²) in [6.07, 6.45) is -6.28. The van der Waals surface area contributed by atoms with Crippen LogP contribution in [-0.2, 0) is 10.4 Å². The molecule has 0 saturated heterocycles. The van der Waals surface area contributed by atoms with Crippen molar-refractivity contribution in [2.45, 2.75) is 24.1 Å². The Morgan fingerprint density at radius 1 is 1.33 bits per heavy atom. The first-order valence-electron chi connectivity index (χ1n) is 4.41. The van der Waals surface area contributed by atoms with Gasteiger partial charge in [-0.2, -0.15) is 22.0 Å². The van der Waals surface area contributed by atoms with E-state index in [1.165, 1.54) is 0 Å². The van der Waals surface area contributed by atoms with E-state index < -0.39 is 35.9 Å². The molecule has 18 heavy (non-hydrogen) atoms. The molecule has 0 unspecified atom stereocenters. The normalized spacial score (nSPS) is 16.3. The molecule has 0 bridgehead atoms. The molecule has 10 heteroatoms. The van der Waals surface area contributed by atoms with Crippen LogP contribution in [0.15, 0.2) is 12.4 Å². The number of hydrogen-bond donors (Lipinski definition) is 3. The Bertz CT molecular complexity index is 430. The van der Waals surface area contributed by atoms with Crippen LogP contribution in [-0.4, -0.2) is 38.2 Å². The van der Waals surface area contributed by atoms with Crippen LogP contribution in [0, 0.1) is 0 Å². The van der Waals surface area contributed by atoms with Gasteiger partial charge >= 0.3 is 18.1 Å². The number of H-pyrrole nitrogens is 1. The van der Waals surface area contributed by atoms with Crippen molar-refractivity contribution in [2.75, 3.05) is 0 Å². The van der Waals surface area contributed by atoms with Crippen LogP contribution in [0.4, 0.5) is 22.0 Å². The summed E-state index contributed by atoms with van der Waals surface area (Å²) in [5, 5.41) is 17.8. The summed E-state index contributed by atoms with van der Waals surface area (Å²) >= 11 is 0. The average Bonchev–Trinajstić information content (AvgIpc) is 2.66. The number of rotatable bonds is 4. The number of alkyl halides is 5. The Kier molecular flexibility index (Phi) is 3.34. The summed E-state index contributed by atoms with van der Waals surface area (Å²) < 4.78 is 63.1. The number of aromatic amines is 1. The summed E-state index contributed by atoms with van der Waals surface area (Å²) in [4.78, 5) is 15.3. The highest BCUT2D eigenvalue weighted by Crippen LogP contribution is 2.49. The molecule has 0 radical (unpaired) electrons. The summed E-state index contributed by atoms with van der Waals surface area (Å²) in [6, 6.07) is 0. The molecule has 0 aliphatic rings. The third kappa shape index (κ3) is 2.15. The molecule has 1 aromatic heterocycles. The minimum absolute atomic E-state index is 0.814. The second-order valence-electron chi connectivity index (χ2n) is 3.44. The van der Waals surface area contributed by atoms with Crippen molar-refractivity contribution < 1.29 is 37.0 Å². The number of nitrogens with one attached hydrogen (secondary N) is 1. The van der Waals surface area contributed by atoms with Gasteiger partial charge in [0.15, 0.2) is 0 Å². The minimum Gasteiger partial charge on any atom is -0.481 e. The number of aliphatic carboxylic acids is 1. The van der Waals surface area contributed by atoms with E-state index >= 15 is 0 Å². The van der Waals surface area contributed by atoms with Crippen LogP contribution >= 0.6 is 0 Å². The molecule has 0 saturated carbocycles. The van der Waals surface area contributed by atoms with E-state index in [0.717, 1.165) is 12.4 Å². The molecule has 5 nitrogen and oxygen atoms in total. The largest absolute Gasteiger partial charge is 0.481 e. The Hall–Kier alpha value is -1.71. The number of aromatic nitrogens is 2. The van der Waals surface area contributed by atoms with E-state index in [4.69, 9.17) is 5.11 Å². The van der Waals surface area contributed by atoms with Crippen molar-refractivity contribution in [3.63, 3.8) is 0 Å². The van der Waals surface area contributed by atoms with E-state index in [1.54, 1.807) is 0 Å². The Balaban J connectivity index is 3.34. The smallest absolute Gasteiger partial charge is 0.456 e. The van der Waals surface area contributed by atoms with E-state index in [1.807, 2.05) is 4.98 Å². The first-order chi connectivity index (χ1) is 8.02. The molecule has 1 rings (SSSR count). The predicted octanol–water partition coefficient (Wildman–Crippen LogP) is 1.27. The lowest BCUT2D eigenvalue weighted by Gasteiger charge is -2.34. The van der Waals surface area contributed by atoms with Crippen molar-refractivity contribution in [3.8, 4) is 0 Å². The fraction of sp³-hybridized carbons (Fsp3) is 0.500. The van der Waals surface area contributed by atoms with Crippen LogP contribution in [0.1, 0.15) is 12.2 Å². The van der Waals surface area contributed by atoms with Crippen molar-refractivity contribution >= 4 is 5.97 Å². The van der Waals surface area contributed by atoms with Gasteiger partial charge in [0, 0.05) is 12.4 Å². The van der Waals surface area contributed by atoms with E-state index in [9.17, 15) is 31.9 Å². The van der Waals surface area contributed by atoms with Gasteiger partial charge < -0.3 is 15.2 Å². The zero-order valence-corrected chi connectivity index (χ0v) is 8.50. The van der Waals surface area contributed by atoms with Crippen LogP contribution < -0.4 is 0 Å². The molecule has 0 aromatic carbocycles. The summed E-state index contributed by atoms with van der Waals surface area (Å²) in [7, 11) is 0. The molecule has 102 valence electrons. The van der Waals surface area contributed by atoms with Gasteiger partial charge in [0.25, 0.3) is 0 Å². The van der Waals surface area contributed by atoms with Gasteiger partial charge in [-0.3, -0.25) is 4.79 Å².